The van der Waals surface area contributed by atoms with Crippen molar-refractivity contribution in [2.24, 2.45) is 0 Å². The summed E-state index contributed by atoms with van der Waals surface area (Å²) < 4.78 is 10.6. The average molecular weight is 171 g/mol. The highest BCUT2D eigenvalue weighted by molar-refractivity contribution is 6.43. The fraction of sp³-hybridized carbons (Fsp3) is 0.857. The van der Waals surface area contributed by atoms with Crippen LogP contribution in [0.25, 0.3) is 0 Å². The Hall–Kier alpha value is -0.545. The minimum Gasteiger partial charge on any atom is -0.406 e. The lowest BCUT2D eigenvalue weighted by Gasteiger charge is -2.18. The smallest absolute Gasteiger partial charge is 0.406 e. The van der Waals surface area contributed by atoms with Crippen molar-refractivity contribution in [1.82, 2.24) is 4.90 Å². The van der Waals surface area contributed by atoms with Gasteiger partial charge in [0, 0.05) is 14.1 Å². The lowest BCUT2D eigenvalue weighted by molar-refractivity contribution is -0.136. The van der Waals surface area contributed by atoms with Crippen molar-refractivity contribution in [3.8, 4) is 0 Å². The minimum atomic E-state index is -0.435. The second kappa shape index (κ2) is 3.45. The van der Waals surface area contributed by atoms with Crippen molar-refractivity contribution in [1.29, 1.82) is 0 Å². The summed E-state index contributed by atoms with van der Waals surface area (Å²) in [6.45, 7) is 3.63. The topological polar surface area (TPSA) is 38.8 Å². The summed E-state index contributed by atoms with van der Waals surface area (Å²) in [4.78, 5) is 12.9. The second-order valence-electron chi connectivity index (χ2n) is 3.20. The minimum absolute atomic E-state index is 0.0353. The normalized spacial score (nSPS) is 29.2. The highest BCUT2D eigenvalue weighted by Gasteiger charge is 2.38. The Morgan fingerprint density at radius 1 is 1.42 bits per heavy atom. The van der Waals surface area contributed by atoms with E-state index >= 15 is 0 Å². The first-order valence-electron chi connectivity index (χ1n) is 4.04. The van der Waals surface area contributed by atoms with Crippen LogP contribution in [0.1, 0.15) is 6.92 Å². The third kappa shape index (κ3) is 1.79. The van der Waals surface area contributed by atoms with Gasteiger partial charge >= 0.3 is 7.12 Å². The Bertz CT molecular complexity index is 185. The lowest BCUT2D eigenvalue weighted by atomic mass is 9.97. The SMILES string of the molecule is CB1OC(C)C(C(=O)N(C)C)O1. The molecule has 1 aliphatic heterocycles. The molecule has 1 aliphatic rings. The highest BCUT2D eigenvalue weighted by atomic mass is 16.7. The van der Waals surface area contributed by atoms with Crippen molar-refractivity contribution >= 4 is 13.0 Å². The standard InChI is InChI=1S/C7H14BNO3/c1-5-6(7(10)9(3)4)12-8(2)11-5/h5-6H,1-4H3. The van der Waals surface area contributed by atoms with E-state index in [1.165, 1.54) is 4.90 Å². The molecule has 0 aromatic carbocycles. The van der Waals surface area contributed by atoms with Crippen LogP contribution in [-0.4, -0.2) is 44.2 Å². The van der Waals surface area contributed by atoms with E-state index in [-0.39, 0.29) is 19.1 Å². The van der Waals surface area contributed by atoms with E-state index in [9.17, 15) is 4.79 Å². The van der Waals surface area contributed by atoms with E-state index in [2.05, 4.69) is 0 Å². The molecule has 1 rings (SSSR count). The van der Waals surface area contributed by atoms with Crippen LogP contribution in [0, 0.1) is 0 Å². The number of hydrogen-bond donors (Lipinski definition) is 0. The number of rotatable bonds is 1. The Kier molecular flexibility index (Phi) is 2.74. The Balaban J connectivity index is 2.58. The molecule has 0 bridgehead atoms. The summed E-state index contributed by atoms with van der Waals surface area (Å²) in [5.74, 6) is -0.0353. The largest absolute Gasteiger partial charge is 0.454 e. The molecule has 4 nitrogen and oxygen atoms in total. The van der Waals surface area contributed by atoms with Gasteiger partial charge in [-0.2, -0.15) is 0 Å². The van der Waals surface area contributed by atoms with Gasteiger partial charge in [0.2, 0.25) is 0 Å². The van der Waals surface area contributed by atoms with Gasteiger partial charge in [0.25, 0.3) is 5.91 Å². The summed E-state index contributed by atoms with van der Waals surface area (Å²) in [5.41, 5.74) is 0. The first-order chi connectivity index (χ1) is 5.52. The monoisotopic (exact) mass is 171 g/mol. The van der Waals surface area contributed by atoms with Crippen LogP contribution in [0.4, 0.5) is 0 Å². The van der Waals surface area contributed by atoms with Crippen LogP contribution in [0.15, 0.2) is 0 Å². The summed E-state index contributed by atoms with van der Waals surface area (Å²) >= 11 is 0. The van der Waals surface area contributed by atoms with Crippen molar-refractivity contribution in [3.63, 3.8) is 0 Å². The van der Waals surface area contributed by atoms with E-state index in [0.29, 0.717) is 0 Å². The van der Waals surface area contributed by atoms with Gasteiger partial charge in [-0.1, -0.05) is 0 Å². The van der Waals surface area contributed by atoms with Crippen LogP contribution >= 0.6 is 0 Å². The molecule has 2 atom stereocenters. The summed E-state index contributed by atoms with van der Waals surface area (Å²) in [7, 11) is 3.15. The van der Waals surface area contributed by atoms with Crippen LogP contribution in [-0.2, 0) is 14.1 Å². The predicted molar refractivity (Wildman–Crippen MR) is 45.7 cm³/mol. The quantitative estimate of drug-likeness (QED) is 0.521. The predicted octanol–water partition coefficient (Wildman–Crippen LogP) is -0.00350. The molecule has 0 radical (unpaired) electrons. The van der Waals surface area contributed by atoms with Gasteiger partial charge in [-0.25, -0.2) is 0 Å². The van der Waals surface area contributed by atoms with Gasteiger partial charge in [-0.15, -0.1) is 0 Å². The first kappa shape index (κ1) is 9.54. The van der Waals surface area contributed by atoms with E-state index in [1.54, 1.807) is 20.9 Å². The molecule has 1 heterocycles. The molecule has 1 fully saturated rings. The molecule has 68 valence electrons. The average Bonchev–Trinajstić information content (AvgIpc) is 2.28. The molecular formula is C7H14BNO3. The lowest BCUT2D eigenvalue weighted by Crippen LogP contribution is -2.38. The van der Waals surface area contributed by atoms with Gasteiger partial charge in [0.15, 0.2) is 0 Å². The zero-order valence-corrected chi connectivity index (χ0v) is 7.90. The Morgan fingerprint density at radius 2 is 2.00 bits per heavy atom. The van der Waals surface area contributed by atoms with Gasteiger partial charge in [-0.3, -0.25) is 4.79 Å². The van der Waals surface area contributed by atoms with Gasteiger partial charge in [-0.05, 0) is 13.7 Å². The number of nitrogens with zero attached hydrogens (tertiary/aromatic N) is 1. The van der Waals surface area contributed by atoms with Crippen LogP contribution < -0.4 is 0 Å². The summed E-state index contributed by atoms with van der Waals surface area (Å²) in [5, 5.41) is 0. The maximum absolute atomic E-state index is 11.4. The molecule has 0 aliphatic carbocycles. The third-order valence-corrected chi connectivity index (χ3v) is 1.86. The molecule has 1 saturated heterocycles. The van der Waals surface area contributed by atoms with Gasteiger partial charge in [0.05, 0.1) is 6.10 Å². The molecule has 5 heteroatoms. The molecule has 2 unspecified atom stereocenters. The third-order valence-electron chi connectivity index (χ3n) is 1.86. The molecular weight excluding hydrogens is 157 g/mol. The van der Waals surface area contributed by atoms with E-state index in [4.69, 9.17) is 9.31 Å². The number of amides is 1. The fourth-order valence-electron chi connectivity index (χ4n) is 1.24. The summed E-state index contributed by atoms with van der Waals surface area (Å²) in [6.07, 6.45) is -0.579. The molecule has 0 N–H and O–H groups in total. The maximum atomic E-state index is 11.4. The van der Waals surface area contributed by atoms with Crippen molar-refractivity contribution in [3.05, 3.63) is 0 Å². The van der Waals surface area contributed by atoms with Crippen LogP contribution in [0.5, 0.6) is 0 Å². The number of carbonyl (C=O) groups excluding carboxylic acids is 1. The molecule has 0 spiro atoms. The molecule has 0 aromatic heterocycles. The Morgan fingerprint density at radius 3 is 2.33 bits per heavy atom. The zero-order valence-electron chi connectivity index (χ0n) is 7.90. The molecule has 1 amide bonds. The Labute approximate surface area is 73.0 Å². The second-order valence-corrected chi connectivity index (χ2v) is 3.20. The number of carbonyl (C=O) groups is 1. The van der Waals surface area contributed by atoms with Gasteiger partial charge in [0.1, 0.15) is 6.10 Å². The maximum Gasteiger partial charge on any atom is 0.454 e. The molecule has 0 saturated carbocycles. The first-order valence-corrected chi connectivity index (χ1v) is 4.04. The summed E-state index contributed by atoms with van der Waals surface area (Å²) in [6, 6.07) is 0. The number of likely N-dealkylation sites (N-methyl/N-ethyl adjacent to an activating group) is 1. The van der Waals surface area contributed by atoms with Crippen molar-refractivity contribution in [2.45, 2.75) is 26.0 Å². The highest BCUT2D eigenvalue weighted by Crippen LogP contribution is 2.17. The fourth-order valence-corrected chi connectivity index (χ4v) is 1.24. The number of hydrogen-bond acceptors (Lipinski definition) is 3. The van der Waals surface area contributed by atoms with Crippen molar-refractivity contribution in [2.75, 3.05) is 14.1 Å². The molecule has 12 heavy (non-hydrogen) atoms. The van der Waals surface area contributed by atoms with Crippen LogP contribution in [0.2, 0.25) is 6.82 Å². The van der Waals surface area contributed by atoms with E-state index in [1.807, 2.05) is 6.92 Å². The van der Waals surface area contributed by atoms with E-state index in [0.717, 1.165) is 0 Å². The molecule has 0 aromatic rings. The van der Waals surface area contributed by atoms with E-state index < -0.39 is 6.10 Å². The zero-order chi connectivity index (χ0) is 9.30. The van der Waals surface area contributed by atoms with Crippen molar-refractivity contribution < 1.29 is 14.1 Å². The van der Waals surface area contributed by atoms with Crippen LogP contribution in [0.3, 0.4) is 0 Å². The van der Waals surface area contributed by atoms with Gasteiger partial charge < -0.3 is 14.2 Å².